The molecule has 1 aromatic carbocycles. The highest BCUT2D eigenvalue weighted by Crippen LogP contribution is 2.24. The Hall–Kier alpha value is -2.11. The van der Waals surface area contributed by atoms with Gasteiger partial charge in [0.15, 0.2) is 0 Å². The molecule has 0 aliphatic heterocycles. The Morgan fingerprint density at radius 2 is 2.00 bits per heavy atom. The van der Waals surface area contributed by atoms with E-state index in [0.29, 0.717) is 0 Å². The molecule has 0 saturated heterocycles. The number of anilines is 1. The highest BCUT2D eigenvalue weighted by atomic mass is 16.6. The molecule has 1 aromatic rings. The Morgan fingerprint density at radius 3 is 2.58 bits per heavy atom. The van der Waals surface area contributed by atoms with Crippen molar-refractivity contribution in [2.45, 2.75) is 38.2 Å². The summed E-state index contributed by atoms with van der Waals surface area (Å²) in [7, 11) is 0. The van der Waals surface area contributed by atoms with Gasteiger partial charge in [0.1, 0.15) is 6.10 Å². The number of nitro benzene ring substituents is 1. The summed E-state index contributed by atoms with van der Waals surface area (Å²) in [5.41, 5.74) is 5.80. The molecule has 0 amide bonds. The van der Waals surface area contributed by atoms with Gasteiger partial charge >= 0.3 is 5.97 Å². The molecule has 2 rings (SSSR count). The van der Waals surface area contributed by atoms with E-state index in [0.717, 1.165) is 25.7 Å². The maximum Gasteiger partial charge on any atom is 0.340 e. The van der Waals surface area contributed by atoms with Gasteiger partial charge in [-0.15, -0.1) is 0 Å². The van der Waals surface area contributed by atoms with Crippen molar-refractivity contribution in [3.63, 3.8) is 0 Å². The molecule has 0 unspecified atom stereocenters. The van der Waals surface area contributed by atoms with Gasteiger partial charge in [-0.3, -0.25) is 10.1 Å². The van der Waals surface area contributed by atoms with Gasteiger partial charge in [-0.05, 0) is 31.7 Å². The number of benzene rings is 1. The number of rotatable bonds is 3. The number of nitro groups is 1. The topological polar surface area (TPSA) is 95.5 Å². The lowest BCUT2D eigenvalue weighted by molar-refractivity contribution is -0.384. The summed E-state index contributed by atoms with van der Waals surface area (Å²) in [6.45, 7) is 0. The fourth-order valence-corrected chi connectivity index (χ4v) is 2.25. The van der Waals surface area contributed by atoms with E-state index in [4.69, 9.17) is 10.5 Å². The van der Waals surface area contributed by atoms with Crippen molar-refractivity contribution in [1.29, 1.82) is 0 Å². The van der Waals surface area contributed by atoms with Gasteiger partial charge in [-0.2, -0.15) is 0 Å². The zero-order chi connectivity index (χ0) is 13.8. The molecule has 1 aliphatic rings. The van der Waals surface area contributed by atoms with Crippen molar-refractivity contribution >= 4 is 17.3 Å². The van der Waals surface area contributed by atoms with Gasteiger partial charge in [0, 0.05) is 12.1 Å². The highest BCUT2D eigenvalue weighted by Gasteiger charge is 2.21. The van der Waals surface area contributed by atoms with Gasteiger partial charge < -0.3 is 10.5 Å². The van der Waals surface area contributed by atoms with Crippen LogP contribution in [0.5, 0.6) is 0 Å². The molecule has 1 aliphatic carbocycles. The average Bonchev–Trinajstić information content (AvgIpc) is 2.39. The van der Waals surface area contributed by atoms with E-state index in [1.54, 1.807) is 0 Å². The molecule has 0 radical (unpaired) electrons. The van der Waals surface area contributed by atoms with Crippen LogP contribution in [-0.4, -0.2) is 17.0 Å². The van der Waals surface area contributed by atoms with Crippen LogP contribution in [0.1, 0.15) is 42.5 Å². The van der Waals surface area contributed by atoms with E-state index < -0.39 is 10.9 Å². The average molecular weight is 264 g/mol. The summed E-state index contributed by atoms with van der Waals surface area (Å²) in [6, 6.07) is 3.78. The zero-order valence-electron chi connectivity index (χ0n) is 10.5. The van der Waals surface area contributed by atoms with Crippen molar-refractivity contribution in [2.75, 3.05) is 5.73 Å². The third kappa shape index (κ3) is 3.21. The van der Waals surface area contributed by atoms with E-state index in [9.17, 15) is 14.9 Å². The molecule has 1 fully saturated rings. The fraction of sp³-hybridized carbons (Fsp3) is 0.462. The van der Waals surface area contributed by atoms with Crippen LogP contribution < -0.4 is 5.73 Å². The normalized spacial score (nSPS) is 16.0. The Kier molecular flexibility index (Phi) is 3.99. The van der Waals surface area contributed by atoms with Gasteiger partial charge in [0.2, 0.25) is 0 Å². The summed E-state index contributed by atoms with van der Waals surface area (Å²) >= 11 is 0. The first kappa shape index (κ1) is 13.3. The lowest BCUT2D eigenvalue weighted by Crippen LogP contribution is -2.21. The number of nitrogens with two attached hydrogens (primary N) is 1. The Balaban J connectivity index is 2.08. The van der Waals surface area contributed by atoms with Gasteiger partial charge in [0.25, 0.3) is 5.69 Å². The number of non-ortho nitro benzene ring substituents is 1. The lowest BCUT2D eigenvalue weighted by atomic mass is 9.98. The number of carbonyl (C=O) groups is 1. The molecule has 19 heavy (non-hydrogen) atoms. The van der Waals surface area contributed by atoms with Crippen molar-refractivity contribution in [3.05, 3.63) is 33.9 Å². The summed E-state index contributed by atoms with van der Waals surface area (Å²) in [5.74, 6) is -0.501. The number of hydrogen-bond acceptors (Lipinski definition) is 5. The van der Waals surface area contributed by atoms with E-state index in [2.05, 4.69) is 0 Å². The SMILES string of the molecule is Nc1cc([N+](=O)[O-])ccc1C(=O)OC1CCCCC1. The van der Waals surface area contributed by atoms with Gasteiger partial charge in [-0.25, -0.2) is 4.79 Å². The largest absolute Gasteiger partial charge is 0.459 e. The van der Waals surface area contributed by atoms with E-state index in [1.807, 2.05) is 0 Å². The van der Waals surface area contributed by atoms with Crippen LogP contribution in [0.15, 0.2) is 18.2 Å². The minimum absolute atomic E-state index is 0.0594. The molecule has 0 atom stereocenters. The minimum Gasteiger partial charge on any atom is -0.459 e. The second-order valence-electron chi connectivity index (χ2n) is 4.69. The van der Waals surface area contributed by atoms with E-state index >= 15 is 0 Å². The Bertz CT molecular complexity index is 495. The number of ether oxygens (including phenoxy) is 1. The standard InChI is InChI=1S/C13H16N2O4/c14-12-8-9(15(17)18)6-7-11(12)13(16)19-10-4-2-1-3-5-10/h6-8,10H,1-5,14H2. The molecule has 0 bridgehead atoms. The van der Waals surface area contributed by atoms with Gasteiger partial charge in [-0.1, -0.05) is 6.42 Å². The second kappa shape index (κ2) is 5.69. The van der Waals surface area contributed by atoms with E-state index in [-0.39, 0.29) is 23.0 Å². The molecule has 6 heteroatoms. The predicted molar refractivity (Wildman–Crippen MR) is 69.8 cm³/mol. The minimum atomic E-state index is -0.549. The van der Waals surface area contributed by atoms with E-state index in [1.165, 1.54) is 24.6 Å². The van der Waals surface area contributed by atoms with Crippen LogP contribution in [0.25, 0.3) is 0 Å². The number of nitrogens with zero attached hydrogens (tertiary/aromatic N) is 1. The molecule has 0 heterocycles. The van der Waals surface area contributed by atoms with Crippen molar-refractivity contribution in [1.82, 2.24) is 0 Å². The third-order valence-corrected chi connectivity index (χ3v) is 3.29. The fourth-order valence-electron chi connectivity index (χ4n) is 2.25. The molecular weight excluding hydrogens is 248 g/mol. The number of nitrogen functional groups attached to an aromatic ring is 1. The summed E-state index contributed by atoms with van der Waals surface area (Å²) in [6.07, 6.45) is 4.99. The maximum atomic E-state index is 11.9. The Labute approximate surface area is 110 Å². The van der Waals surface area contributed by atoms with Crippen LogP contribution in [0.2, 0.25) is 0 Å². The summed E-state index contributed by atoms with van der Waals surface area (Å²) in [5, 5.41) is 10.6. The maximum absolute atomic E-state index is 11.9. The van der Waals surface area contributed by atoms with Crippen molar-refractivity contribution < 1.29 is 14.5 Å². The molecular formula is C13H16N2O4. The number of hydrogen-bond donors (Lipinski definition) is 1. The number of carbonyl (C=O) groups excluding carboxylic acids is 1. The molecule has 6 nitrogen and oxygen atoms in total. The Morgan fingerprint density at radius 1 is 1.32 bits per heavy atom. The quantitative estimate of drug-likeness (QED) is 0.392. The highest BCUT2D eigenvalue weighted by molar-refractivity contribution is 5.95. The molecule has 0 aromatic heterocycles. The van der Waals surface area contributed by atoms with Crippen LogP contribution in [0.4, 0.5) is 11.4 Å². The molecule has 0 spiro atoms. The monoisotopic (exact) mass is 264 g/mol. The first-order chi connectivity index (χ1) is 9.08. The van der Waals surface area contributed by atoms with Crippen LogP contribution >= 0.6 is 0 Å². The van der Waals surface area contributed by atoms with Crippen molar-refractivity contribution in [2.24, 2.45) is 0 Å². The lowest BCUT2D eigenvalue weighted by Gasteiger charge is -2.22. The van der Waals surface area contributed by atoms with Crippen LogP contribution in [-0.2, 0) is 4.74 Å². The summed E-state index contributed by atoms with van der Waals surface area (Å²) in [4.78, 5) is 22.0. The smallest absolute Gasteiger partial charge is 0.340 e. The number of esters is 1. The second-order valence-corrected chi connectivity index (χ2v) is 4.69. The third-order valence-electron chi connectivity index (χ3n) is 3.29. The first-order valence-corrected chi connectivity index (χ1v) is 6.33. The van der Waals surface area contributed by atoms with Crippen LogP contribution in [0.3, 0.4) is 0 Å². The summed E-state index contributed by atoms with van der Waals surface area (Å²) < 4.78 is 5.37. The molecule has 102 valence electrons. The molecule has 2 N–H and O–H groups in total. The zero-order valence-corrected chi connectivity index (χ0v) is 10.5. The first-order valence-electron chi connectivity index (χ1n) is 6.33. The van der Waals surface area contributed by atoms with Crippen molar-refractivity contribution in [3.8, 4) is 0 Å². The van der Waals surface area contributed by atoms with Gasteiger partial charge in [0.05, 0.1) is 16.2 Å². The van der Waals surface area contributed by atoms with Crippen LogP contribution in [0, 0.1) is 10.1 Å². The predicted octanol–water partition coefficient (Wildman–Crippen LogP) is 2.67. The molecule has 1 saturated carbocycles.